The molecule has 3 amide bonds. The lowest BCUT2D eigenvalue weighted by Crippen LogP contribution is -2.38. The van der Waals surface area contributed by atoms with Crippen molar-refractivity contribution >= 4 is 23.4 Å². The number of benzene rings is 1. The number of hydrogen-bond acceptors (Lipinski definition) is 3. The molecule has 2 saturated heterocycles. The van der Waals surface area contributed by atoms with Crippen LogP contribution in [0.3, 0.4) is 0 Å². The number of amides is 3. The van der Waals surface area contributed by atoms with E-state index in [1.54, 1.807) is 24.3 Å². The lowest BCUT2D eigenvalue weighted by Gasteiger charge is -2.30. The summed E-state index contributed by atoms with van der Waals surface area (Å²) in [6, 6.07) is 7.05. The van der Waals surface area contributed by atoms with Gasteiger partial charge in [0.25, 0.3) is 5.91 Å². The van der Waals surface area contributed by atoms with Crippen LogP contribution in [-0.4, -0.2) is 35.7 Å². The van der Waals surface area contributed by atoms with Gasteiger partial charge in [0.05, 0.1) is 17.5 Å². The third-order valence-electron chi connectivity index (χ3n) is 7.37. The molecule has 0 N–H and O–H groups in total. The van der Waals surface area contributed by atoms with Crippen LogP contribution in [0.4, 0.5) is 5.69 Å². The molecule has 2 saturated carbocycles. The number of imide groups is 1. The first-order chi connectivity index (χ1) is 13.0. The molecule has 2 bridgehead atoms. The van der Waals surface area contributed by atoms with E-state index in [0.29, 0.717) is 29.0 Å². The van der Waals surface area contributed by atoms with Crippen molar-refractivity contribution < 1.29 is 14.4 Å². The molecule has 0 spiro atoms. The van der Waals surface area contributed by atoms with Gasteiger partial charge in [-0.05, 0) is 74.1 Å². The van der Waals surface area contributed by atoms with Crippen LogP contribution < -0.4 is 4.90 Å². The maximum absolute atomic E-state index is 12.9. The van der Waals surface area contributed by atoms with Crippen LogP contribution >= 0.6 is 0 Å². The fourth-order valence-corrected chi connectivity index (χ4v) is 5.81. The van der Waals surface area contributed by atoms with Crippen molar-refractivity contribution in [1.82, 2.24) is 4.90 Å². The highest BCUT2D eigenvalue weighted by atomic mass is 16.2. The highest BCUT2D eigenvalue weighted by molar-refractivity contribution is 6.22. The summed E-state index contributed by atoms with van der Waals surface area (Å²) >= 11 is 0. The van der Waals surface area contributed by atoms with Gasteiger partial charge in [-0.1, -0.05) is 6.92 Å². The molecule has 5 rings (SSSR count). The number of carbonyl (C=O) groups excluding carboxylic acids is 3. The van der Waals surface area contributed by atoms with Crippen LogP contribution in [-0.2, 0) is 9.59 Å². The molecule has 2 heterocycles. The SMILES string of the molecule is CC1CCN(C(=O)c2ccc(N3C(=O)[C@H]4[C@H]5CC[C@@H](C5)[C@@H]4C3=O)cc2)CC1. The Labute approximate surface area is 159 Å². The first kappa shape index (κ1) is 17.0. The molecule has 4 fully saturated rings. The van der Waals surface area contributed by atoms with Crippen LogP contribution in [0.15, 0.2) is 24.3 Å². The van der Waals surface area contributed by atoms with Gasteiger partial charge in [0.15, 0.2) is 0 Å². The second-order valence-corrected chi connectivity index (χ2v) is 8.92. The largest absolute Gasteiger partial charge is 0.339 e. The molecular weight excluding hydrogens is 340 g/mol. The van der Waals surface area contributed by atoms with E-state index >= 15 is 0 Å². The second kappa shape index (κ2) is 6.18. The molecule has 5 heteroatoms. The van der Waals surface area contributed by atoms with Crippen molar-refractivity contribution in [2.24, 2.45) is 29.6 Å². The maximum atomic E-state index is 12.9. The van der Waals surface area contributed by atoms with Crippen LogP contribution in [0, 0.1) is 29.6 Å². The summed E-state index contributed by atoms with van der Waals surface area (Å²) in [5.74, 6) is 1.25. The molecule has 1 aromatic rings. The summed E-state index contributed by atoms with van der Waals surface area (Å²) in [7, 11) is 0. The Morgan fingerprint density at radius 2 is 1.44 bits per heavy atom. The van der Waals surface area contributed by atoms with Crippen LogP contribution in [0.2, 0.25) is 0 Å². The Hall–Kier alpha value is -2.17. The minimum Gasteiger partial charge on any atom is -0.339 e. The molecule has 0 unspecified atom stereocenters. The van der Waals surface area contributed by atoms with Gasteiger partial charge in [0.1, 0.15) is 0 Å². The van der Waals surface area contributed by atoms with Crippen LogP contribution in [0.25, 0.3) is 0 Å². The lowest BCUT2D eigenvalue weighted by molar-refractivity contribution is -0.123. The number of rotatable bonds is 2. The number of fused-ring (bicyclic) bond motifs is 5. The Balaban J connectivity index is 1.34. The lowest BCUT2D eigenvalue weighted by atomic mass is 9.81. The normalized spacial score (nSPS) is 33.1. The van der Waals surface area contributed by atoms with E-state index in [-0.39, 0.29) is 29.6 Å². The molecule has 1 aromatic carbocycles. The van der Waals surface area contributed by atoms with E-state index in [1.165, 1.54) is 4.90 Å². The van der Waals surface area contributed by atoms with Gasteiger partial charge >= 0.3 is 0 Å². The number of nitrogens with zero attached hydrogens (tertiary/aromatic N) is 2. The van der Waals surface area contributed by atoms with Crippen molar-refractivity contribution in [1.29, 1.82) is 0 Å². The molecule has 5 nitrogen and oxygen atoms in total. The van der Waals surface area contributed by atoms with E-state index < -0.39 is 0 Å². The molecule has 27 heavy (non-hydrogen) atoms. The van der Waals surface area contributed by atoms with Gasteiger partial charge in [-0.2, -0.15) is 0 Å². The minimum absolute atomic E-state index is 0.0266. The third kappa shape index (κ3) is 2.54. The van der Waals surface area contributed by atoms with E-state index in [2.05, 4.69) is 6.92 Å². The van der Waals surface area contributed by atoms with Crippen molar-refractivity contribution in [2.75, 3.05) is 18.0 Å². The zero-order valence-electron chi connectivity index (χ0n) is 15.8. The van der Waals surface area contributed by atoms with E-state index in [9.17, 15) is 14.4 Å². The van der Waals surface area contributed by atoms with E-state index in [4.69, 9.17) is 0 Å². The fourth-order valence-electron chi connectivity index (χ4n) is 5.81. The monoisotopic (exact) mass is 366 g/mol. The van der Waals surface area contributed by atoms with Gasteiger partial charge in [0, 0.05) is 18.7 Å². The summed E-state index contributed by atoms with van der Waals surface area (Å²) in [4.78, 5) is 41.8. The first-order valence-corrected chi connectivity index (χ1v) is 10.3. The van der Waals surface area contributed by atoms with E-state index in [0.717, 1.165) is 45.2 Å². The number of carbonyl (C=O) groups is 3. The fraction of sp³-hybridized carbons (Fsp3) is 0.591. The quantitative estimate of drug-likeness (QED) is 0.756. The number of likely N-dealkylation sites (tertiary alicyclic amines) is 1. The molecule has 0 aromatic heterocycles. The summed E-state index contributed by atoms with van der Waals surface area (Å²) in [6.45, 7) is 3.83. The van der Waals surface area contributed by atoms with Crippen molar-refractivity contribution in [3.05, 3.63) is 29.8 Å². The Kier molecular flexibility index (Phi) is 3.88. The average molecular weight is 366 g/mol. The Morgan fingerprint density at radius 1 is 0.889 bits per heavy atom. The molecule has 142 valence electrons. The zero-order chi connectivity index (χ0) is 18.7. The number of piperidine rings is 1. The molecule has 2 aliphatic carbocycles. The molecule has 2 aliphatic heterocycles. The predicted octanol–water partition coefficient (Wildman–Crippen LogP) is 3.09. The predicted molar refractivity (Wildman–Crippen MR) is 101 cm³/mol. The van der Waals surface area contributed by atoms with Gasteiger partial charge in [-0.15, -0.1) is 0 Å². The van der Waals surface area contributed by atoms with Crippen molar-refractivity contribution in [2.45, 2.75) is 39.0 Å². The Morgan fingerprint density at radius 3 is 2.00 bits per heavy atom. The second-order valence-electron chi connectivity index (χ2n) is 8.92. The van der Waals surface area contributed by atoms with Crippen molar-refractivity contribution in [3.8, 4) is 0 Å². The Bertz CT molecular complexity index is 766. The molecule has 4 aliphatic rings. The summed E-state index contributed by atoms with van der Waals surface area (Å²) in [5.41, 5.74) is 1.25. The van der Waals surface area contributed by atoms with Crippen LogP contribution in [0.1, 0.15) is 49.4 Å². The van der Waals surface area contributed by atoms with Gasteiger partial charge < -0.3 is 4.90 Å². The van der Waals surface area contributed by atoms with Gasteiger partial charge in [-0.3, -0.25) is 19.3 Å². The van der Waals surface area contributed by atoms with E-state index in [1.807, 2.05) is 4.90 Å². The first-order valence-electron chi connectivity index (χ1n) is 10.3. The summed E-state index contributed by atoms with van der Waals surface area (Å²) in [5, 5.41) is 0. The third-order valence-corrected chi connectivity index (χ3v) is 7.37. The molecular formula is C22H26N2O3. The van der Waals surface area contributed by atoms with Crippen LogP contribution in [0.5, 0.6) is 0 Å². The number of anilines is 1. The standard InChI is InChI=1S/C22H26N2O3/c1-13-8-10-23(11-9-13)20(25)14-4-6-17(7-5-14)24-21(26)18-15-2-3-16(12-15)19(18)22(24)27/h4-7,13,15-16,18-19H,2-3,8-12H2,1H3/t15-,16-,18-,19-/m0/s1. The minimum atomic E-state index is -0.104. The highest BCUT2D eigenvalue weighted by Gasteiger charge is 2.61. The smallest absolute Gasteiger partial charge is 0.253 e. The summed E-state index contributed by atoms with van der Waals surface area (Å²) in [6.07, 6.45) is 5.31. The van der Waals surface area contributed by atoms with Gasteiger partial charge in [0.2, 0.25) is 11.8 Å². The molecule has 4 atom stereocenters. The topological polar surface area (TPSA) is 57.7 Å². The number of hydrogen-bond donors (Lipinski definition) is 0. The van der Waals surface area contributed by atoms with Gasteiger partial charge in [-0.25, -0.2) is 0 Å². The zero-order valence-corrected chi connectivity index (χ0v) is 15.8. The molecule has 0 radical (unpaired) electrons. The highest BCUT2D eigenvalue weighted by Crippen LogP contribution is 2.56. The maximum Gasteiger partial charge on any atom is 0.253 e. The average Bonchev–Trinajstić information content (AvgIpc) is 3.36. The van der Waals surface area contributed by atoms with Crippen molar-refractivity contribution in [3.63, 3.8) is 0 Å². The summed E-state index contributed by atoms with van der Waals surface area (Å²) < 4.78 is 0.